The number of anilines is 3. The van der Waals surface area contributed by atoms with E-state index in [4.69, 9.17) is 0 Å². The van der Waals surface area contributed by atoms with Crippen molar-refractivity contribution in [1.82, 2.24) is 4.98 Å². The van der Waals surface area contributed by atoms with Crippen LogP contribution in [0.5, 0.6) is 5.75 Å². The number of aromatic nitrogens is 1. The van der Waals surface area contributed by atoms with Crippen LogP contribution in [-0.2, 0) is 0 Å². The molecule has 0 saturated heterocycles. The number of rotatable bonds is 5. The van der Waals surface area contributed by atoms with Crippen LogP contribution < -0.4 is 15.4 Å². The molecule has 3 aromatic rings. The Balaban J connectivity index is 1.74. The van der Waals surface area contributed by atoms with Gasteiger partial charge in [-0.1, -0.05) is 12.1 Å². The van der Waals surface area contributed by atoms with Crippen LogP contribution in [0.3, 0.4) is 0 Å². The molecule has 0 bridgehead atoms. The van der Waals surface area contributed by atoms with Crippen LogP contribution in [0.2, 0.25) is 0 Å². The highest BCUT2D eigenvalue weighted by Crippen LogP contribution is 2.25. The molecule has 0 radical (unpaired) electrons. The minimum absolute atomic E-state index is 0.291. The zero-order valence-electron chi connectivity index (χ0n) is 14.7. The lowest BCUT2D eigenvalue weighted by molar-refractivity contribution is -0.274. The first-order chi connectivity index (χ1) is 13.3. The maximum atomic E-state index is 12.6. The number of alkyl halides is 3. The van der Waals surface area contributed by atoms with Crippen molar-refractivity contribution in [3.8, 4) is 5.75 Å². The molecule has 2 aromatic carbocycles. The standard InChI is InChI=1S/C20H16F3N3O2/c1-13-4-2-5-15(12-13)25-18-17(6-3-11-24-18)19(27)26-14-7-9-16(10-8-14)28-20(21,22)23/h2-12H,1H3,(H,24,25)(H,26,27). The molecule has 0 atom stereocenters. The van der Waals surface area contributed by atoms with Crippen molar-refractivity contribution in [3.63, 3.8) is 0 Å². The van der Waals surface area contributed by atoms with E-state index in [-0.39, 0.29) is 5.75 Å². The van der Waals surface area contributed by atoms with E-state index in [1.165, 1.54) is 12.1 Å². The second-order valence-electron chi connectivity index (χ2n) is 5.92. The van der Waals surface area contributed by atoms with E-state index in [1.54, 1.807) is 18.3 Å². The number of aryl methyl sites for hydroxylation is 1. The van der Waals surface area contributed by atoms with Gasteiger partial charge in [0.05, 0.1) is 5.56 Å². The highest BCUT2D eigenvalue weighted by molar-refractivity contribution is 6.07. The van der Waals surface area contributed by atoms with Crippen LogP contribution in [0, 0.1) is 6.92 Å². The summed E-state index contributed by atoms with van der Waals surface area (Å²) in [7, 11) is 0. The summed E-state index contributed by atoms with van der Waals surface area (Å²) in [4.78, 5) is 16.8. The molecular weight excluding hydrogens is 371 g/mol. The Labute approximate surface area is 159 Å². The van der Waals surface area contributed by atoms with Crippen molar-refractivity contribution in [2.75, 3.05) is 10.6 Å². The van der Waals surface area contributed by atoms with Crippen LogP contribution in [0.15, 0.2) is 66.9 Å². The number of amides is 1. The van der Waals surface area contributed by atoms with Crippen molar-refractivity contribution in [3.05, 3.63) is 78.0 Å². The van der Waals surface area contributed by atoms with Gasteiger partial charge in [0, 0.05) is 17.6 Å². The van der Waals surface area contributed by atoms with Gasteiger partial charge in [0.2, 0.25) is 0 Å². The molecule has 0 unspecified atom stereocenters. The van der Waals surface area contributed by atoms with Crippen LogP contribution >= 0.6 is 0 Å². The van der Waals surface area contributed by atoms with Gasteiger partial charge in [-0.25, -0.2) is 4.98 Å². The maximum absolute atomic E-state index is 12.6. The van der Waals surface area contributed by atoms with Crippen molar-refractivity contribution >= 4 is 23.1 Å². The Bertz CT molecular complexity index is 973. The van der Waals surface area contributed by atoms with Crippen LogP contribution in [0.25, 0.3) is 0 Å². The monoisotopic (exact) mass is 387 g/mol. The number of ether oxygens (including phenoxy) is 1. The Morgan fingerprint density at radius 2 is 1.75 bits per heavy atom. The molecule has 8 heteroatoms. The van der Waals surface area contributed by atoms with Gasteiger partial charge in [0.15, 0.2) is 0 Å². The summed E-state index contributed by atoms with van der Waals surface area (Å²) in [5.41, 5.74) is 2.44. The van der Waals surface area contributed by atoms with Gasteiger partial charge in [-0.15, -0.1) is 13.2 Å². The van der Waals surface area contributed by atoms with Gasteiger partial charge in [0.25, 0.3) is 5.91 Å². The number of hydrogen-bond acceptors (Lipinski definition) is 4. The average Bonchev–Trinajstić information content (AvgIpc) is 2.62. The molecule has 1 heterocycles. The molecule has 144 valence electrons. The largest absolute Gasteiger partial charge is 0.573 e. The lowest BCUT2D eigenvalue weighted by Gasteiger charge is -2.12. The predicted molar refractivity (Wildman–Crippen MR) is 99.8 cm³/mol. The van der Waals surface area contributed by atoms with Crippen LogP contribution in [0.1, 0.15) is 15.9 Å². The summed E-state index contributed by atoms with van der Waals surface area (Å²) in [6.45, 7) is 1.95. The summed E-state index contributed by atoms with van der Waals surface area (Å²) in [5.74, 6) is -0.455. The molecule has 1 amide bonds. The molecule has 0 saturated carbocycles. The molecule has 0 aliphatic heterocycles. The van der Waals surface area contributed by atoms with E-state index in [9.17, 15) is 18.0 Å². The third kappa shape index (κ3) is 5.23. The molecule has 5 nitrogen and oxygen atoms in total. The normalized spacial score (nSPS) is 11.0. The zero-order valence-corrected chi connectivity index (χ0v) is 14.7. The maximum Gasteiger partial charge on any atom is 0.573 e. The molecular formula is C20H16F3N3O2. The fraction of sp³-hybridized carbons (Fsp3) is 0.100. The lowest BCUT2D eigenvalue weighted by atomic mass is 10.2. The topological polar surface area (TPSA) is 63.2 Å². The summed E-state index contributed by atoms with van der Waals surface area (Å²) in [6, 6.07) is 15.7. The molecule has 0 aliphatic carbocycles. The summed E-state index contributed by atoms with van der Waals surface area (Å²) in [5, 5.41) is 5.73. The average molecular weight is 387 g/mol. The van der Waals surface area contributed by atoms with Crippen molar-refractivity contribution < 1.29 is 22.7 Å². The highest BCUT2D eigenvalue weighted by atomic mass is 19.4. The van der Waals surface area contributed by atoms with E-state index in [2.05, 4.69) is 20.4 Å². The zero-order chi connectivity index (χ0) is 20.1. The number of carbonyl (C=O) groups is 1. The Hall–Kier alpha value is -3.55. The Morgan fingerprint density at radius 3 is 2.43 bits per heavy atom. The number of nitrogens with zero attached hydrogens (tertiary/aromatic N) is 1. The first kappa shape index (κ1) is 19.2. The second kappa shape index (κ2) is 7.99. The van der Waals surface area contributed by atoms with E-state index < -0.39 is 12.3 Å². The summed E-state index contributed by atoms with van der Waals surface area (Å²) >= 11 is 0. The summed E-state index contributed by atoms with van der Waals surface area (Å²) < 4.78 is 40.5. The fourth-order valence-corrected chi connectivity index (χ4v) is 2.49. The number of halogens is 3. The third-order valence-electron chi connectivity index (χ3n) is 3.68. The second-order valence-corrected chi connectivity index (χ2v) is 5.92. The van der Waals surface area contributed by atoms with Crippen LogP contribution in [-0.4, -0.2) is 17.3 Å². The number of hydrogen-bond donors (Lipinski definition) is 2. The number of nitrogens with one attached hydrogen (secondary N) is 2. The first-order valence-corrected chi connectivity index (χ1v) is 8.26. The van der Waals surface area contributed by atoms with E-state index in [0.29, 0.717) is 17.1 Å². The van der Waals surface area contributed by atoms with Crippen molar-refractivity contribution in [1.29, 1.82) is 0 Å². The Morgan fingerprint density at radius 1 is 1.00 bits per heavy atom. The van der Waals surface area contributed by atoms with Crippen molar-refractivity contribution in [2.45, 2.75) is 13.3 Å². The Kier molecular flexibility index (Phi) is 5.49. The first-order valence-electron chi connectivity index (χ1n) is 8.26. The molecule has 28 heavy (non-hydrogen) atoms. The number of pyridine rings is 1. The van der Waals surface area contributed by atoms with Crippen LogP contribution in [0.4, 0.5) is 30.4 Å². The van der Waals surface area contributed by atoms with Crippen molar-refractivity contribution in [2.24, 2.45) is 0 Å². The third-order valence-corrected chi connectivity index (χ3v) is 3.68. The molecule has 1 aromatic heterocycles. The minimum Gasteiger partial charge on any atom is -0.406 e. The highest BCUT2D eigenvalue weighted by Gasteiger charge is 2.31. The lowest BCUT2D eigenvalue weighted by Crippen LogP contribution is -2.17. The quantitative estimate of drug-likeness (QED) is 0.625. The predicted octanol–water partition coefficient (Wildman–Crippen LogP) is 5.28. The smallest absolute Gasteiger partial charge is 0.406 e. The van der Waals surface area contributed by atoms with Gasteiger partial charge in [-0.3, -0.25) is 4.79 Å². The molecule has 0 fully saturated rings. The van der Waals surface area contributed by atoms with Gasteiger partial charge in [-0.2, -0.15) is 0 Å². The van der Waals surface area contributed by atoms with Gasteiger partial charge >= 0.3 is 6.36 Å². The van der Waals surface area contributed by atoms with E-state index in [0.717, 1.165) is 23.4 Å². The summed E-state index contributed by atoms with van der Waals surface area (Å²) in [6.07, 6.45) is -3.21. The van der Waals surface area contributed by atoms with E-state index >= 15 is 0 Å². The SMILES string of the molecule is Cc1cccc(Nc2ncccc2C(=O)Nc2ccc(OC(F)(F)F)cc2)c1. The van der Waals surface area contributed by atoms with Gasteiger partial charge in [-0.05, 0) is 61.0 Å². The minimum atomic E-state index is -4.77. The molecule has 0 spiro atoms. The van der Waals surface area contributed by atoms with Gasteiger partial charge < -0.3 is 15.4 Å². The fourth-order valence-electron chi connectivity index (χ4n) is 2.49. The molecule has 2 N–H and O–H groups in total. The van der Waals surface area contributed by atoms with Gasteiger partial charge in [0.1, 0.15) is 11.6 Å². The molecule has 3 rings (SSSR count). The number of carbonyl (C=O) groups excluding carboxylic acids is 1. The van der Waals surface area contributed by atoms with E-state index in [1.807, 2.05) is 31.2 Å². The number of benzene rings is 2. The molecule has 0 aliphatic rings.